The van der Waals surface area contributed by atoms with Crippen LogP contribution in [0.15, 0.2) is 18.9 Å². The number of halogens is 2. The summed E-state index contributed by atoms with van der Waals surface area (Å²) in [7, 11) is 0. The van der Waals surface area contributed by atoms with Gasteiger partial charge in [-0.25, -0.2) is 9.37 Å². The van der Waals surface area contributed by atoms with E-state index in [4.69, 9.17) is 16.3 Å². The Balaban J connectivity index is 2.26. The van der Waals surface area contributed by atoms with Crippen LogP contribution in [0.2, 0.25) is 5.28 Å². The number of hydrogen-bond acceptors (Lipinski definition) is 4. The highest BCUT2D eigenvalue weighted by Gasteiger charge is 2.04. The van der Waals surface area contributed by atoms with Crippen LogP contribution in [-0.2, 0) is 4.74 Å². The topological polar surface area (TPSA) is 47.0 Å². The van der Waals surface area contributed by atoms with Gasteiger partial charge >= 0.3 is 0 Å². The summed E-state index contributed by atoms with van der Waals surface area (Å²) in [6.07, 6.45) is 3.60. The number of anilines is 1. The van der Waals surface area contributed by atoms with Crippen molar-refractivity contribution >= 4 is 17.4 Å². The zero-order valence-corrected chi connectivity index (χ0v) is 9.50. The van der Waals surface area contributed by atoms with Crippen molar-refractivity contribution in [1.29, 1.82) is 0 Å². The SMILES string of the molecule is C=CCCOCCNc1nc(Cl)ncc1F. The van der Waals surface area contributed by atoms with Crippen LogP contribution >= 0.6 is 11.6 Å². The highest BCUT2D eigenvalue weighted by atomic mass is 35.5. The molecular weight excluding hydrogens is 233 g/mol. The Morgan fingerprint density at radius 3 is 3.12 bits per heavy atom. The largest absolute Gasteiger partial charge is 0.379 e. The fourth-order valence-corrected chi connectivity index (χ4v) is 1.11. The molecule has 0 amide bonds. The van der Waals surface area contributed by atoms with E-state index in [1.165, 1.54) is 0 Å². The van der Waals surface area contributed by atoms with Crippen molar-refractivity contribution in [3.8, 4) is 0 Å². The molecule has 0 aliphatic heterocycles. The molecule has 0 saturated heterocycles. The number of nitrogens with zero attached hydrogens (tertiary/aromatic N) is 2. The van der Waals surface area contributed by atoms with E-state index < -0.39 is 5.82 Å². The van der Waals surface area contributed by atoms with Gasteiger partial charge in [0.2, 0.25) is 5.28 Å². The summed E-state index contributed by atoms with van der Waals surface area (Å²) in [6.45, 7) is 5.11. The van der Waals surface area contributed by atoms with Crippen molar-refractivity contribution in [3.05, 3.63) is 30.0 Å². The lowest BCUT2D eigenvalue weighted by molar-refractivity contribution is 0.149. The molecule has 0 radical (unpaired) electrons. The minimum Gasteiger partial charge on any atom is -0.379 e. The molecule has 0 atom stereocenters. The van der Waals surface area contributed by atoms with Crippen LogP contribution in [0, 0.1) is 5.82 Å². The number of rotatable bonds is 7. The lowest BCUT2D eigenvalue weighted by Gasteiger charge is -2.06. The molecule has 1 N–H and O–H groups in total. The minimum atomic E-state index is -0.532. The number of ether oxygens (including phenoxy) is 1. The maximum Gasteiger partial charge on any atom is 0.224 e. The maximum absolute atomic E-state index is 13.1. The van der Waals surface area contributed by atoms with Gasteiger partial charge in [0.25, 0.3) is 0 Å². The lowest BCUT2D eigenvalue weighted by Crippen LogP contribution is -2.12. The van der Waals surface area contributed by atoms with Crippen LogP contribution in [0.3, 0.4) is 0 Å². The molecule has 1 aromatic heterocycles. The summed E-state index contributed by atoms with van der Waals surface area (Å²) in [5, 5.41) is 2.78. The predicted octanol–water partition coefficient (Wildman–Crippen LogP) is 2.27. The number of hydrogen-bond donors (Lipinski definition) is 1. The molecule has 1 aromatic rings. The van der Waals surface area contributed by atoms with Crippen molar-refractivity contribution < 1.29 is 9.13 Å². The van der Waals surface area contributed by atoms with Gasteiger partial charge in [-0.3, -0.25) is 0 Å². The van der Waals surface area contributed by atoms with Crippen molar-refractivity contribution in [3.63, 3.8) is 0 Å². The molecule has 0 spiro atoms. The van der Waals surface area contributed by atoms with E-state index in [1.807, 2.05) is 0 Å². The molecule has 0 saturated carbocycles. The first-order valence-electron chi connectivity index (χ1n) is 4.84. The zero-order chi connectivity index (χ0) is 11.8. The van der Waals surface area contributed by atoms with Gasteiger partial charge in [-0.2, -0.15) is 4.98 Å². The average molecular weight is 246 g/mol. The quantitative estimate of drug-likeness (QED) is 0.455. The second-order valence-electron chi connectivity index (χ2n) is 2.95. The molecular formula is C10H13ClFN3O. The molecule has 1 heterocycles. The molecule has 6 heteroatoms. The van der Waals surface area contributed by atoms with Gasteiger partial charge in [0.15, 0.2) is 11.6 Å². The van der Waals surface area contributed by atoms with Crippen LogP contribution in [-0.4, -0.2) is 29.7 Å². The minimum absolute atomic E-state index is 0.0106. The van der Waals surface area contributed by atoms with E-state index in [-0.39, 0.29) is 11.1 Å². The van der Waals surface area contributed by atoms with Gasteiger partial charge in [-0.1, -0.05) is 6.08 Å². The van der Waals surface area contributed by atoms with Crippen LogP contribution in [0.1, 0.15) is 6.42 Å². The van der Waals surface area contributed by atoms with E-state index in [9.17, 15) is 4.39 Å². The summed E-state index contributed by atoms with van der Waals surface area (Å²) >= 11 is 5.53. The van der Waals surface area contributed by atoms with E-state index in [2.05, 4.69) is 21.9 Å². The van der Waals surface area contributed by atoms with E-state index in [1.54, 1.807) is 6.08 Å². The monoisotopic (exact) mass is 245 g/mol. The van der Waals surface area contributed by atoms with Gasteiger partial charge in [0, 0.05) is 6.54 Å². The zero-order valence-electron chi connectivity index (χ0n) is 8.75. The Labute approximate surface area is 98.5 Å². The summed E-state index contributed by atoms with van der Waals surface area (Å²) in [4.78, 5) is 7.21. The standard InChI is InChI=1S/C10H13ClFN3O/c1-2-3-5-16-6-4-13-9-8(12)7-14-10(11)15-9/h2,7H,1,3-6H2,(H,13,14,15). The molecule has 0 aliphatic rings. The fraction of sp³-hybridized carbons (Fsp3) is 0.400. The van der Waals surface area contributed by atoms with Crippen molar-refractivity contribution in [1.82, 2.24) is 9.97 Å². The predicted molar refractivity (Wildman–Crippen MR) is 61.1 cm³/mol. The molecule has 16 heavy (non-hydrogen) atoms. The molecule has 0 aliphatic carbocycles. The van der Waals surface area contributed by atoms with Crippen molar-refractivity contribution in [2.45, 2.75) is 6.42 Å². The van der Waals surface area contributed by atoms with Gasteiger partial charge in [0.05, 0.1) is 19.4 Å². The maximum atomic E-state index is 13.1. The molecule has 0 aromatic carbocycles. The molecule has 0 unspecified atom stereocenters. The van der Waals surface area contributed by atoms with E-state index in [0.29, 0.717) is 19.8 Å². The third-order valence-electron chi connectivity index (χ3n) is 1.72. The fourth-order valence-electron chi connectivity index (χ4n) is 0.980. The first kappa shape index (κ1) is 12.9. The molecule has 0 bridgehead atoms. The van der Waals surface area contributed by atoms with E-state index >= 15 is 0 Å². The van der Waals surface area contributed by atoms with Crippen LogP contribution in [0.5, 0.6) is 0 Å². The molecule has 1 rings (SSSR count). The van der Waals surface area contributed by atoms with Gasteiger partial charge < -0.3 is 10.1 Å². The van der Waals surface area contributed by atoms with Gasteiger partial charge in [-0.05, 0) is 18.0 Å². The lowest BCUT2D eigenvalue weighted by atomic mass is 10.4. The van der Waals surface area contributed by atoms with Crippen molar-refractivity contribution in [2.24, 2.45) is 0 Å². The second-order valence-corrected chi connectivity index (χ2v) is 3.29. The molecule has 88 valence electrons. The first-order valence-corrected chi connectivity index (χ1v) is 5.22. The first-order chi connectivity index (χ1) is 7.74. The van der Waals surface area contributed by atoms with Crippen LogP contribution < -0.4 is 5.32 Å². The Bertz CT molecular complexity index is 349. The Kier molecular flexibility index (Phi) is 5.74. The summed E-state index contributed by atoms with van der Waals surface area (Å²) < 4.78 is 18.3. The summed E-state index contributed by atoms with van der Waals surface area (Å²) in [5.74, 6) is -0.442. The summed E-state index contributed by atoms with van der Waals surface area (Å²) in [6, 6.07) is 0. The Morgan fingerprint density at radius 2 is 2.38 bits per heavy atom. The highest BCUT2D eigenvalue weighted by molar-refractivity contribution is 6.28. The Hall–Kier alpha value is -1.20. The third-order valence-corrected chi connectivity index (χ3v) is 1.90. The smallest absolute Gasteiger partial charge is 0.224 e. The second kappa shape index (κ2) is 7.14. The van der Waals surface area contributed by atoms with Crippen molar-refractivity contribution in [2.75, 3.05) is 25.1 Å². The van der Waals surface area contributed by atoms with Crippen LogP contribution in [0.4, 0.5) is 10.2 Å². The Morgan fingerprint density at radius 1 is 1.56 bits per heavy atom. The average Bonchev–Trinajstić information content (AvgIpc) is 2.28. The molecule has 4 nitrogen and oxygen atoms in total. The highest BCUT2D eigenvalue weighted by Crippen LogP contribution is 2.11. The molecule has 0 fully saturated rings. The van der Waals surface area contributed by atoms with Gasteiger partial charge in [0.1, 0.15) is 0 Å². The van der Waals surface area contributed by atoms with Gasteiger partial charge in [-0.15, -0.1) is 6.58 Å². The summed E-state index contributed by atoms with van der Waals surface area (Å²) in [5.41, 5.74) is 0. The normalized spacial score (nSPS) is 10.1. The number of aromatic nitrogens is 2. The van der Waals surface area contributed by atoms with E-state index in [0.717, 1.165) is 12.6 Å². The third kappa shape index (κ3) is 4.55. The van der Waals surface area contributed by atoms with Crippen LogP contribution in [0.25, 0.3) is 0 Å². The number of nitrogens with one attached hydrogen (secondary N) is 1.